The van der Waals surface area contributed by atoms with Gasteiger partial charge in [-0.05, 0) is 18.6 Å². The third-order valence-electron chi connectivity index (χ3n) is 4.00. The number of hydrogen-bond acceptors (Lipinski definition) is 4. The van der Waals surface area contributed by atoms with E-state index in [9.17, 15) is 4.79 Å². The van der Waals surface area contributed by atoms with Crippen molar-refractivity contribution in [2.45, 2.75) is 18.9 Å². The number of fused-ring (bicyclic) bond motifs is 1. The number of nitrogens with zero attached hydrogens (tertiary/aromatic N) is 2. The lowest BCUT2D eigenvalue weighted by atomic mass is 10.2. The van der Waals surface area contributed by atoms with E-state index in [0.717, 1.165) is 24.0 Å². The second-order valence-corrected chi connectivity index (χ2v) is 5.65. The molecule has 4 rings (SSSR count). The molecule has 0 bridgehead atoms. The predicted octanol–water partition coefficient (Wildman–Crippen LogP) is 2.77. The summed E-state index contributed by atoms with van der Waals surface area (Å²) < 4.78 is 12.9. The average Bonchev–Trinajstić information content (AvgIpc) is 3.26. The lowest BCUT2D eigenvalue weighted by molar-refractivity contribution is -0.115. The fourth-order valence-electron chi connectivity index (χ4n) is 2.89. The van der Waals surface area contributed by atoms with Gasteiger partial charge in [-0.25, -0.2) is 4.68 Å². The Kier molecular flexibility index (Phi) is 3.59. The highest BCUT2D eigenvalue weighted by Gasteiger charge is 2.21. The van der Waals surface area contributed by atoms with Crippen LogP contribution in [-0.2, 0) is 16.0 Å². The van der Waals surface area contributed by atoms with Crippen LogP contribution in [0.15, 0.2) is 47.0 Å². The second kappa shape index (κ2) is 5.89. The van der Waals surface area contributed by atoms with E-state index in [1.807, 2.05) is 35.0 Å². The van der Waals surface area contributed by atoms with Crippen molar-refractivity contribution >= 4 is 22.7 Å². The monoisotopic (exact) mass is 311 g/mol. The van der Waals surface area contributed by atoms with Gasteiger partial charge in [0.15, 0.2) is 0 Å². The van der Waals surface area contributed by atoms with Crippen LogP contribution in [-0.4, -0.2) is 28.9 Å². The van der Waals surface area contributed by atoms with E-state index in [1.54, 1.807) is 12.3 Å². The Morgan fingerprint density at radius 2 is 2.26 bits per heavy atom. The van der Waals surface area contributed by atoms with E-state index >= 15 is 0 Å². The summed E-state index contributed by atoms with van der Waals surface area (Å²) >= 11 is 0. The minimum Gasteiger partial charge on any atom is -0.461 e. The molecule has 3 heterocycles. The van der Waals surface area contributed by atoms with E-state index in [4.69, 9.17) is 9.15 Å². The zero-order chi connectivity index (χ0) is 15.6. The van der Waals surface area contributed by atoms with Crippen LogP contribution >= 0.6 is 0 Å². The van der Waals surface area contributed by atoms with E-state index in [1.165, 1.54) is 0 Å². The highest BCUT2D eigenvalue weighted by Crippen LogP contribution is 2.23. The third kappa shape index (κ3) is 2.85. The van der Waals surface area contributed by atoms with E-state index < -0.39 is 0 Å². The summed E-state index contributed by atoms with van der Waals surface area (Å²) in [5.41, 5.74) is 0.795. The number of hydrogen-bond donors (Lipinski definition) is 1. The molecule has 2 aromatic heterocycles. The van der Waals surface area contributed by atoms with Gasteiger partial charge in [0.1, 0.15) is 17.2 Å². The molecular weight excluding hydrogens is 294 g/mol. The second-order valence-electron chi connectivity index (χ2n) is 5.65. The van der Waals surface area contributed by atoms with Crippen molar-refractivity contribution in [2.24, 2.45) is 0 Å². The first kappa shape index (κ1) is 14.0. The Morgan fingerprint density at radius 1 is 1.35 bits per heavy atom. The molecule has 118 valence electrons. The molecule has 0 radical (unpaired) electrons. The molecule has 0 spiro atoms. The minimum absolute atomic E-state index is 0.121. The number of carbonyl (C=O) groups excluding carboxylic acids is 1. The lowest BCUT2D eigenvalue weighted by Gasteiger charge is -2.13. The average molecular weight is 311 g/mol. The predicted molar refractivity (Wildman–Crippen MR) is 85.2 cm³/mol. The first-order valence-corrected chi connectivity index (χ1v) is 7.68. The molecule has 1 atom stereocenters. The van der Waals surface area contributed by atoms with Gasteiger partial charge in [0.05, 0.1) is 25.3 Å². The number of anilines is 1. The van der Waals surface area contributed by atoms with Gasteiger partial charge in [0.25, 0.3) is 0 Å². The Balaban J connectivity index is 1.47. The van der Waals surface area contributed by atoms with Gasteiger partial charge in [0, 0.05) is 18.1 Å². The van der Waals surface area contributed by atoms with E-state index in [2.05, 4.69) is 10.4 Å². The normalized spacial score (nSPS) is 17.7. The molecular formula is C17H17N3O3. The molecule has 1 aliphatic heterocycles. The highest BCUT2D eigenvalue weighted by molar-refractivity contribution is 5.92. The molecule has 1 saturated heterocycles. The van der Waals surface area contributed by atoms with Gasteiger partial charge in [-0.1, -0.05) is 18.2 Å². The number of ether oxygens (including phenoxy) is 1. The van der Waals surface area contributed by atoms with Crippen LogP contribution in [0, 0.1) is 0 Å². The number of rotatable bonds is 4. The Morgan fingerprint density at radius 3 is 3.09 bits per heavy atom. The van der Waals surface area contributed by atoms with Gasteiger partial charge < -0.3 is 14.5 Å². The maximum absolute atomic E-state index is 12.3. The van der Waals surface area contributed by atoms with Gasteiger partial charge in [-0.15, -0.1) is 0 Å². The largest absolute Gasteiger partial charge is 0.461 e. The van der Waals surface area contributed by atoms with Crippen LogP contribution in [0.3, 0.4) is 0 Å². The van der Waals surface area contributed by atoms with Crippen LogP contribution in [0.2, 0.25) is 0 Å². The SMILES string of the molecule is O=C(Cc1cc2ccccc2o1)Nc1ccnn1[C@H]1CCOC1. The zero-order valence-electron chi connectivity index (χ0n) is 12.6. The van der Waals surface area contributed by atoms with Crippen LogP contribution in [0.1, 0.15) is 18.2 Å². The Labute approximate surface area is 133 Å². The van der Waals surface area contributed by atoms with Crippen molar-refractivity contribution in [3.8, 4) is 0 Å². The van der Waals surface area contributed by atoms with Crippen molar-refractivity contribution in [2.75, 3.05) is 18.5 Å². The summed E-state index contributed by atoms with van der Waals surface area (Å²) in [6.45, 7) is 1.37. The topological polar surface area (TPSA) is 69.3 Å². The van der Waals surface area contributed by atoms with Crippen molar-refractivity contribution < 1.29 is 13.9 Å². The lowest BCUT2D eigenvalue weighted by Crippen LogP contribution is -2.20. The number of amides is 1. The molecule has 1 N–H and O–H groups in total. The quantitative estimate of drug-likeness (QED) is 0.804. The maximum Gasteiger partial charge on any atom is 0.233 e. The first-order chi connectivity index (χ1) is 11.3. The van der Waals surface area contributed by atoms with Gasteiger partial charge in [-0.2, -0.15) is 5.10 Å². The zero-order valence-corrected chi connectivity index (χ0v) is 12.6. The van der Waals surface area contributed by atoms with Crippen LogP contribution in [0.5, 0.6) is 0 Å². The summed E-state index contributed by atoms with van der Waals surface area (Å²) in [6.07, 6.45) is 2.80. The molecule has 23 heavy (non-hydrogen) atoms. The third-order valence-corrected chi connectivity index (χ3v) is 4.00. The van der Waals surface area contributed by atoms with Crippen molar-refractivity contribution in [1.82, 2.24) is 9.78 Å². The fraction of sp³-hybridized carbons (Fsp3) is 0.294. The van der Waals surface area contributed by atoms with Gasteiger partial charge in [-0.3, -0.25) is 4.79 Å². The summed E-state index contributed by atoms with van der Waals surface area (Å²) in [5.74, 6) is 1.23. The van der Waals surface area contributed by atoms with E-state index in [0.29, 0.717) is 18.2 Å². The molecule has 1 amide bonds. The number of furan rings is 1. The van der Waals surface area contributed by atoms with Crippen LogP contribution in [0.25, 0.3) is 11.0 Å². The molecule has 0 unspecified atom stereocenters. The van der Waals surface area contributed by atoms with Crippen molar-refractivity contribution in [3.63, 3.8) is 0 Å². The number of aromatic nitrogens is 2. The maximum atomic E-state index is 12.3. The molecule has 1 aliphatic rings. The van der Waals surface area contributed by atoms with Crippen LogP contribution in [0.4, 0.5) is 5.82 Å². The number of carbonyl (C=O) groups is 1. The summed E-state index contributed by atoms with van der Waals surface area (Å²) in [6, 6.07) is 11.6. The standard InChI is InChI=1S/C17H17N3O3/c21-17(10-14-9-12-3-1-2-4-15(12)23-14)19-16-5-7-18-20(16)13-6-8-22-11-13/h1-5,7,9,13H,6,8,10-11H2,(H,19,21)/t13-/m0/s1. The number of para-hydroxylation sites is 1. The number of nitrogens with one attached hydrogen (secondary N) is 1. The van der Waals surface area contributed by atoms with Gasteiger partial charge in [0.2, 0.25) is 5.91 Å². The molecule has 6 heteroatoms. The van der Waals surface area contributed by atoms with E-state index in [-0.39, 0.29) is 18.4 Å². The number of benzene rings is 1. The molecule has 1 aromatic carbocycles. The summed E-state index contributed by atoms with van der Waals surface area (Å²) in [7, 11) is 0. The summed E-state index contributed by atoms with van der Waals surface area (Å²) in [4.78, 5) is 12.3. The van der Waals surface area contributed by atoms with Gasteiger partial charge >= 0.3 is 0 Å². The van der Waals surface area contributed by atoms with Crippen molar-refractivity contribution in [3.05, 3.63) is 48.4 Å². The molecule has 1 fully saturated rings. The molecule has 0 aliphatic carbocycles. The first-order valence-electron chi connectivity index (χ1n) is 7.68. The summed E-state index contributed by atoms with van der Waals surface area (Å²) in [5, 5.41) is 8.20. The van der Waals surface area contributed by atoms with Crippen molar-refractivity contribution in [1.29, 1.82) is 0 Å². The molecule has 6 nitrogen and oxygen atoms in total. The molecule has 3 aromatic rings. The Hall–Kier alpha value is -2.60. The van der Waals surface area contributed by atoms with Crippen LogP contribution < -0.4 is 5.32 Å². The Bertz CT molecular complexity index is 797. The highest BCUT2D eigenvalue weighted by atomic mass is 16.5. The minimum atomic E-state index is -0.121. The fourth-order valence-corrected chi connectivity index (χ4v) is 2.89. The smallest absolute Gasteiger partial charge is 0.233 e. The molecule has 0 saturated carbocycles.